The molecule has 0 N–H and O–H groups in total. The Labute approximate surface area is 105 Å². The van der Waals surface area contributed by atoms with Gasteiger partial charge in [-0.25, -0.2) is 0 Å². The molecule has 86 valence electrons. The molecular weight excluding hydrogens is 266 g/mol. The van der Waals surface area contributed by atoms with Crippen LogP contribution in [-0.4, -0.2) is 30.6 Å². The predicted molar refractivity (Wildman–Crippen MR) is 67.7 cm³/mol. The van der Waals surface area contributed by atoms with Gasteiger partial charge in [-0.05, 0) is 50.0 Å². The minimum absolute atomic E-state index is 0.400. The molecule has 2 bridgehead atoms. The Morgan fingerprint density at radius 3 is 2.69 bits per heavy atom. The highest BCUT2D eigenvalue weighted by Gasteiger charge is 2.35. The predicted octanol–water partition coefficient (Wildman–Crippen LogP) is 2.92. The lowest BCUT2D eigenvalue weighted by molar-refractivity contribution is -0.00778. The van der Waals surface area contributed by atoms with Crippen LogP contribution in [0.15, 0.2) is 28.7 Å². The van der Waals surface area contributed by atoms with E-state index in [-0.39, 0.29) is 0 Å². The van der Waals surface area contributed by atoms with E-state index >= 15 is 0 Å². The van der Waals surface area contributed by atoms with Crippen molar-refractivity contribution in [1.82, 2.24) is 4.90 Å². The molecule has 3 fully saturated rings. The summed E-state index contributed by atoms with van der Waals surface area (Å²) in [5.41, 5.74) is 0. The molecule has 0 spiro atoms. The Morgan fingerprint density at radius 1 is 1.25 bits per heavy atom. The lowest BCUT2D eigenvalue weighted by Gasteiger charge is -2.44. The number of benzene rings is 1. The number of halogens is 1. The van der Waals surface area contributed by atoms with Crippen molar-refractivity contribution >= 4 is 15.9 Å². The van der Waals surface area contributed by atoms with E-state index in [0.29, 0.717) is 6.10 Å². The maximum Gasteiger partial charge on any atom is 0.120 e. The fourth-order valence-corrected chi connectivity index (χ4v) is 3.14. The Morgan fingerprint density at radius 2 is 2.06 bits per heavy atom. The van der Waals surface area contributed by atoms with Crippen molar-refractivity contribution in [3.05, 3.63) is 28.7 Å². The van der Waals surface area contributed by atoms with E-state index < -0.39 is 0 Å². The van der Waals surface area contributed by atoms with E-state index in [1.807, 2.05) is 18.2 Å². The van der Waals surface area contributed by atoms with Crippen molar-refractivity contribution in [2.75, 3.05) is 19.6 Å². The van der Waals surface area contributed by atoms with Gasteiger partial charge in [0.25, 0.3) is 0 Å². The van der Waals surface area contributed by atoms with Gasteiger partial charge in [-0.15, -0.1) is 0 Å². The quantitative estimate of drug-likeness (QED) is 0.827. The minimum Gasteiger partial charge on any atom is -0.489 e. The van der Waals surface area contributed by atoms with Gasteiger partial charge < -0.3 is 4.74 Å². The fourth-order valence-electron chi connectivity index (χ4n) is 2.76. The lowest BCUT2D eigenvalue weighted by Crippen LogP contribution is -2.52. The Bertz CT molecular complexity index is 374. The Hall–Kier alpha value is -0.540. The molecule has 0 radical (unpaired) electrons. The number of rotatable bonds is 2. The van der Waals surface area contributed by atoms with E-state index in [4.69, 9.17) is 4.74 Å². The third-order valence-corrected chi connectivity index (χ3v) is 4.17. The van der Waals surface area contributed by atoms with Gasteiger partial charge in [-0.3, -0.25) is 4.90 Å². The standard InChI is InChI=1S/C13H16BrNO/c14-11-2-1-3-12(8-11)16-13-9-15-6-4-10(13)5-7-15/h1-3,8,10,13H,4-7,9H2. The summed E-state index contributed by atoms with van der Waals surface area (Å²) >= 11 is 3.48. The van der Waals surface area contributed by atoms with Crippen LogP contribution in [0.25, 0.3) is 0 Å². The number of ether oxygens (including phenoxy) is 1. The van der Waals surface area contributed by atoms with E-state index in [1.54, 1.807) is 0 Å². The van der Waals surface area contributed by atoms with Crippen LogP contribution in [0.3, 0.4) is 0 Å². The smallest absolute Gasteiger partial charge is 0.120 e. The molecule has 0 saturated carbocycles. The fraction of sp³-hybridized carbons (Fsp3) is 0.538. The van der Waals surface area contributed by atoms with Crippen molar-refractivity contribution in [2.24, 2.45) is 5.92 Å². The van der Waals surface area contributed by atoms with E-state index in [0.717, 1.165) is 22.7 Å². The van der Waals surface area contributed by atoms with Crippen LogP contribution in [0.4, 0.5) is 0 Å². The molecule has 3 saturated heterocycles. The summed E-state index contributed by atoms with van der Waals surface area (Å²) in [6.45, 7) is 3.64. The molecule has 0 aliphatic carbocycles. The van der Waals surface area contributed by atoms with Gasteiger partial charge in [0.2, 0.25) is 0 Å². The summed E-state index contributed by atoms with van der Waals surface area (Å²) in [7, 11) is 0. The van der Waals surface area contributed by atoms with Crippen LogP contribution in [0, 0.1) is 5.92 Å². The number of hydrogen-bond donors (Lipinski definition) is 0. The molecule has 0 amide bonds. The molecule has 1 aromatic carbocycles. The van der Waals surface area contributed by atoms with Crippen LogP contribution in [-0.2, 0) is 0 Å². The number of fused-ring (bicyclic) bond motifs is 3. The first-order valence-corrected chi connectivity index (χ1v) is 6.75. The SMILES string of the molecule is Brc1cccc(OC2CN3CCC2CC3)c1. The molecule has 16 heavy (non-hydrogen) atoms. The molecule has 3 heteroatoms. The Balaban J connectivity index is 1.71. The molecule has 2 nitrogen and oxygen atoms in total. The van der Waals surface area contributed by atoms with Crippen LogP contribution in [0.5, 0.6) is 5.75 Å². The first kappa shape index (κ1) is 10.6. The van der Waals surface area contributed by atoms with Gasteiger partial charge in [0, 0.05) is 11.0 Å². The first-order chi connectivity index (χ1) is 7.81. The summed E-state index contributed by atoms with van der Waals surface area (Å²) in [6.07, 6.45) is 3.01. The molecule has 1 unspecified atom stereocenters. The molecule has 4 rings (SSSR count). The summed E-state index contributed by atoms with van der Waals surface area (Å²) in [6, 6.07) is 8.16. The second-order valence-corrected chi connectivity index (χ2v) is 5.67. The molecule has 3 aliphatic rings. The maximum atomic E-state index is 6.10. The van der Waals surface area contributed by atoms with Crippen molar-refractivity contribution < 1.29 is 4.74 Å². The lowest BCUT2D eigenvalue weighted by atomic mass is 9.86. The van der Waals surface area contributed by atoms with Gasteiger partial charge in [0.05, 0.1) is 0 Å². The summed E-state index contributed by atoms with van der Waals surface area (Å²) in [5.74, 6) is 1.76. The zero-order valence-corrected chi connectivity index (χ0v) is 10.8. The molecule has 0 aromatic heterocycles. The average Bonchev–Trinajstić information content (AvgIpc) is 2.30. The summed E-state index contributed by atoms with van der Waals surface area (Å²) in [4.78, 5) is 2.52. The van der Waals surface area contributed by atoms with Crippen LogP contribution in [0.1, 0.15) is 12.8 Å². The third-order valence-electron chi connectivity index (χ3n) is 3.68. The molecule has 3 aliphatic heterocycles. The topological polar surface area (TPSA) is 12.5 Å². The van der Waals surface area contributed by atoms with Crippen molar-refractivity contribution in [3.8, 4) is 5.75 Å². The van der Waals surface area contributed by atoms with Gasteiger partial charge in [-0.2, -0.15) is 0 Å². The second-order valence-electron chi connectivity index (χ2n) is 4.75. The van der Waals surface area contributed by atoms with E-state index in [1.165, 1.54) is 25.9 Å². The third kappa shape index (κ3) is 2.11. The summed E-state index contributed by atoms with van der Waals surface area (Å²) < 4.78 is 7.19. The van der Waals surface area contributed by atoms with Crippen LogP contribution in [0.2, 0.25) is 0 Å². The largest absolute Gasteiger partial charge is 0.489 e. The summed E-state index contributed by atoms with van der Waals surface area (Å²) in [5, 5.41) is 0. The average molecular weight is 282 g/mol. The number of nitrogens with zero attached hydrogens (tertiary/aromatic N) is 1. The first-order valence-electron chi connectivity index (χ1n) is 5.96. The highest BCUT2D eigenvalue weighted by atomic mass is 79.9. The zero-order chi connectivity index (χ0) is 11.0. The molecule has 1 atom stereocenters. The van der Waals surface area contributed by atoms with Crippen molar-refractivity contribution in [3.63, 3.8) is 0 Å². The monoisotopic (exact) mass is 281 g/mol. The highest BCUT2D eigenvalue weighted by Crippen LogP contribution is 2.31. The molecular formula is C13H16BrNO. The molecule has 1 aromatic rings. The normalized spacial score (nSPS) is 32.7. The van der Waals surface area contributed by atoms with Gasteiger partial charge in [-0.1, -0.05) is 22.0 Å². The zero-order valence-electron chi connectivity index (χ0n) is 9.23. The van der Waals surface area contributed by atoms with Crippen LogP contribution >= 0.6 is 15.9 Å². The van der Waals surface area contributed by atoms with Gasteiger partial charge >= 0.3 is 0 Å². The van der Waals surface area contributed by atoms with Crippen LogP contribution < -0.4 is 4.74 Å². The Kier molecular flexibility index (Phi) is 2.90. The second kappa shape index (κ2) is 4.38. The van der Waals surface area contributed by atoms with Crippen molar-refractivity contribution in [2.45, 2.75) is 18.9 Å². The van der Waals surface area contributed by atoms with E-state index in [9.17, 15) is 0 Å². The maximum absolute atomic E-state index is 6.10. The van der Waals surface area contributed by atoms with E-state index in [2.05, 4.69) is 26.9 Å². The highest BCUT2D eigenvalue weighted by molar-refractivity contribution is 9.10. The van der Waals surface area contributed by atoms with Crippen molar-refractivity contribution in [1.29, 1.82) is 0 Å². The minimum atomic E-state index is 0.400. The van der Waals surface area contributed by atoms with Gasteiger partial charge in [0.15, 0.2) is 0 Å². The number of hydrogen-bond acceptors (Lipinski definition) is 2. The number of piperidine rings is 3. The van der Waals surface area contributed by atoms with Gasteiger partial charge in [0.1, 0.15) is 11.9 Å². The molecule has 3 heterocycles.